The van der Waals surface area contributed by atoms with Gasteiger partial charge in [-0.3, -0.25) is 14.1 Å². The molecule has 19 nitrogen and oxygen atoms in total. The van der Waals surface area contributed by atoms with Gasteiger partial charge in [-0.2, -0.15) is 8.62 Å². The summed E-state index contributed by atoms with van der Waals surface area (Å²) in [6.07, 6.45) is -5.98. The van der Waals surface area contributed by atoms with Crippen molar-refractivity contribution in [2.45, 2.75) is 24.2 Å². The summed E-state index contributed by atoms with van der Waals surface area (Å²) < 4.78 is 63.7. The van der Waals surface area contributed by atoms with Crippen molar-refractivity contribution >= 4 is 35.7 Å². The highest BCUT2D eigenvalue weighted by Gasteiger charge is 2.56. The Kier molecular flexibility index (Phi) is 8.20. The fourth-order valence-corrected chi connectivity index (χ4v) is 5.61. The lowest BCUT2D eigenvalue weighted by Crippen LogP contribution is -2.44. The predicted octanol–water partition coefficient (Wildman–Crippen LogP) is -0.355. The van der Waals surface area contributed by atoms with E-state index in [0.29, 0.717) is 10.8 Å². The highest BCUT2D eigenvalue weighted by Crippen LogP contribution is 2.66. The van der Waals surface area contributed by atoms with Gasteiger partial charge in [0.15, 0.2) is 12.0 Å². The van der Waals surface area contributed by atoms with Gasteiger partial charge in [-0.25, -0.2) is 22.9 Å². The topological polar surface area (TPSA) is 296 Å². The molecule has 3 unspecified atom stereocenters. The summed E-state index contributed by atoms with van der Waals surface area (Å²) in [5.41, 5.74) is 4.80. The third kappa shape index (κ3) is 6.83. The number of azide groups is 1. The van der Waals surface area contributed by atoms with Crippen molar-refractivity contribution in [2.24, 2.45) is 5.11 Å². The maximum Gasteiger partial charge on any atom is 0.490 e. The number of nitrogens with zero attached hydrogens (tertiary/aromatic N) is 4. The summed E-state index contributed by atoms with van der Waals surface area (Å²) in [5.74, 6) is -1.16. The lowest BCUT2D eigenvalue weighted by atomic mass is 10.1. The number of rotatable bonds is 9. The van der Waals surface area contributed by atoms with E-state index >= 15 is 0 Å². The largest absolute Gasteiger partial charge is 0.490 e. The highest BCUT2D eigenvalue weighted by molar-refractivity contribution is 7.71. The maximum atomic E-state index is 13.8. The molecule has 0 radical (unpaired) electrons. The predicted molar refractivity (Wildman–Crippen MR) is 99.7 cm³/mol. The fraction of sp³-hybridized carbons (Fsp3) is 0.556. The third-order valence-electron chi connectivity index (χ3n) is 3.67. The van der Waals surface area contributed by atoms with Crippen LogP contribution in [0.5, 0.6) is 0 Å². The molecule has 0 saturated carbocycles. The number of aliphatic hydroxyl groups excluding tert-OH is 2. The summed E-state index contributed by atoms with van der Waals surface area (Å²) in [6.45, 7) is -1.52. The fourth-order valence-electron chi connectivity index (χ4n) is 2.43. The lowest BCUT2D eigenvalue weighted by molar-refractivity contribution is -0.123. The second-order valence-electron chi connectivity index (χ2n) is 5.99. The normalized spacial score (nSPS) is 29.1. The lowest BCUT2D eigenvalue weighted by Gasteiger charge is -2.27. The van der Waals surface area contributed by atoms with Gasteiger partial charge in [-0.15, -0.1) is 0 Å². The Balaban J connectivity index is 2.32. The molecule has 1 saturated heterocycles. The minimum absolute atomic E-state index is 0.360. The number of aromatic nitrogens is 2. The van der Waals surface area contributed by atoms with Crippen LogP contribution in [0.25, 0.3) is 10.4 Å². The molecule has 33 heavy (non-hydrogen) atoms. The van der Waals surface area contributed by atoms with Crippen molar-refractivity contribution in [1.82, 2.24) is 9.55 Å². The van der Waals surface area contributed by atoms with Gasteiger partial charge in [0.05, 0.1) is 12.8 Å². The molecule has 1 aliphatic rings. The molecular formula is C9H13FN5O14P3S. The minimum Gasteiger partial charge on any atom is -0.387 e. The average Bonchev–Trinajstić information content (AvgIpc) is 2.86. The van der Waals surface area contributed by atoms with Gasteiger partial charge >= 0.3 is 29.2 Å². The number of ether oxygens (including phenoxy) is 1. The summed E-state index contributed by atoms with van der Waals surface area (Å²) in [7, 11) is -17.3. The van der Waals surface area contributed by atoms with Crippen molar-refractivity contribution in [1.29, 1.82) is 0 Å². The van der Waals surface area contributed by atoms with Crippen LogP contribution in [0.4, 0.5) is 4.39 Å². The van der Waals surface area contributed by atoms with Crippen molar-refractivity contribution < 1.29 is 65.8 Å². The second-order valence-corrected chi connectivity index (χ2v) is 10.8. The number of aliphatic hydroxyl groups is 2. The zero-order valence-corrected chi connectivity index (χ0v) is 18.9. The van der Waals surface area contributed by atoms with Gasteiger partial charge in [-0.05, 0) is 5.53 Å². The molecule has 0 bridgehead atoms. The molecule has 186 valence electrons. The first-order valence-corrected chi connectivity index (χ1v) is 12.7. The van der Waals surface area contributed by atoms with E-state index in [1.807, 2.05) is 4.98 Å². The quantitative estimate of drug-likeness (QED) is 0.0668. The SMILES string of the molecule is [N-]=[N+]=NC1(COP(=O)(O)OP(=O)(O)OP(=O)(O)O)O[C@@H](n2cc(F)c(=S)[nH]c2=O)[C@@H](O)[C@H]1O. The number of nitrogens with one attached hydrogen (secondary N) is 1. The van der Waals surface area contributed by atoms with Gasteiger partial charge in [0.25, 0.3) is 0 Å². The molecule has 1 aromatic heterocycles. The van der Waals surface area contributed by atoms with Crippen LogP contribution in [-0.4, -0.2) is 63.9 Å². The van der Waals surface area contributed by atoms with E-state index in [9.17, 15) is 38.0 Å². The molecule has 0 aromatic carbocycles. The first kappa shape index (κ1) is 27.9. The Morgan fingerprint density at radius 2 is 1.88 bits per heavy atom. The van der Waals surface area contributed by atoms with Gasteiger partial charge in [0.1, 0.15) is 16.8 Å². The van der Waals surface area contributed by atoms with Crippen LogP contribution in [0.2, 0.25) is 0 Å². The Morgan fingerprint density at radius 1 is 1.27 bits per heavy atom. The molecule has 0 amide bonds. The number of phosphoric acid groups is 3. The Labute approximate surface area is 185 Å². The van der Waals surface area contributed by atoms with E-state index in [-0.39, 0.29) is 0 Å². The standard InChI is InChI=1S/C9H13FN5O14P3S/c10-3-1-15(8(18)12-6(3)33)7-4(16)5(17)9(27-7,13-14-11)2-26-31(22,23)29-32(24,25)28-30(19,20)21/h1,4-5,7,16-17H,2H2,(H,22,23)(H,24,25)(H,12,18,33)(H2,19,20,21)/t4-,5+,7+,9?/m0/s1. The molecule has 1 aliphatic heterocycles. The molecule has 2 rings (SSSR count). The van der Waals surface area contributed by atoms with E-state index in [4.69, 9.17) is 24.9 Å². The van der Waals surface area contributed by atoms with Crippen LogP contribution in [0, 0.1) is 10.5 Å². The van der Waals surface area contributed by atoms with Crippen molar-refractivity contribution in [3.8, 4) is 0 Å². The zero-order valence-electron chi connectivity index (χ0n) is 15.4. The van der Waals surface area contributed by atoms with E-state index in [0.717, 1.165) is 0 Å². The van der Waals surface area contributed by atoms with Gasteiger partial charge in [-0.1, -0.05) is 17.3 Å². The molecule has 0 spiro atoms. The number of aromatic amines is 1. The smallest absolute Gasteiger partial charge is 0.387 e. The summed E-state index contributed by atoms with van der Waals surface area (Å²) in [5, 5.41) is 23.5. The monoisotopic (exact) mass is 559 g/mol. The summed E-state index contributed by atoms with van der Waals surface area (Å²) >= 11 is 4.51. The summed E-state index contributed by atoms with van der Waals surface area (Å²) in [6, 6.07) is 0. The molecule has 0 aliphatic carbocycles. The van der Waals surface area contributed by atoms with E-state index in [1.165, 1.54) is 0 Å². The molecular weight excluding hydrogens is 546 g/mol. The van der Waals surface area contributed by atoms with Crippen LogP contribution < -0.4 is 5.69 Å². The molecule has 24 heteroatoms. The number of hydrogen-bond donors (Lipinski definition) is 7. The van der Waals surface area contributed by atoms with E-state index < -0.39 is 70.4 Å². The number of H-pyrrole nitrogens is 1. The number of phosphoric ester groups is 1. The average molecular weight is 559 g/mol. The second kappa shape index (κ2) is 9.71. The van der Waals surface area contributed by atoms with Gasteiger partial charge < -0.3 is 34.5 Å². The first-order valence-electron chi connectivity index (χ1n) is 7.81. The van der Waals surface area contributed by atoms with Crippen molar-refractivity contribution in [3.63, 3.8) is 0 Å². The third-order valence-corrected chi connectivity index (χ3v) is 7.75. The van der Waals surface area contributed by atoms with E-state index in [1.54, 1.807) is 0 Å². The van der Waals surface area contributed by atoms with Gasteiger partial charge in [0.2, 0.25) is 5.72 Å². The molecule has 1 aromatic rings. The van der Waals surface area contributed by atoms with Crippen molar-refractivity contribution in [3.05, 3.63) is 37.6 Å². The molecule has 6 atom stereocenters. The first-order chi connectivity index (χ1) is 14.9. The summed E-state index contributed by atoms with van der Waals surface area (Å²) in [4.78, 5) is 51.8. The van der Waals surface area contributed by atoms with Crippen LogP contribution in [-0.2, 0) is 31.6 Å². The molecule has 7 N–H and O–H groups in total. The number of halogens is 1. The molecule has 2 heterocycles. The van der Waals surface area contributed by atoms with Crippen LogP contribution in [0.1, 0.15) is 6.23 Å². The van der Waals surface area contributed by atoms with Crippen LogP contribution >= 0.6 is 35.7 Å². The Bertz CT molecular complexity index is 1230. The van der Waals surface area contributed by atoms with E-state index in [2.05, 4.69) is 35.4 Å². The maximum absolute atomic E-state index is 13.8. The zero-order chi connectivity index (χ0) is 25.4. The van der Waals surface area contributed by atoms with Crippen molar-refractivity contribution in [2.75, 3.05) is 6.61 Å². The van der Waals surface area contributed by atoms with Crippen LogP contribution in [0.15, 0.2) is 16.1 Å². The Hall–Kier alpha value is -1.37. The van der Waals surface area contributed by atoms with Crippen LogP contribution in [0.3, 0.4) is 0 Å². The Morgan fingerprint density at radius 3 is 2.42 bits per heavy atom. The molecule has 1 fully saturated rings. The number of hydrogen-bond acceptors (Lipinski definition) is 12. The minimum atomic E-state index is -5.90. The highest BCUT2D eigenvalue weighted by atomic mass is 32.1. The van der Waals surface area contributed by atoms with Gasteiger partial charge in [0, 0.05) is 4.91 Å².